The summed E-state index contributed by atoms with van der Waals surface area (Å²) in [5.41, 5.74) is 0.222. The minimum absolute atomic E-state index is 0.186. The fourth-order valence-corrected chi connectivity index (χ4v) is 2.50. The van der Waals surface area contributed by atoms with Gasteiger partial charge in [-0.1, -0.05) is 34.1 Å². The van der Waals surface area contributed by atoms with Crippen LogP contribution < -0.4 is 0 Å². The molecule has 0 bridgehead atoms. The predicted molar refractivity (Wildman–Crippen MR) is 55.8 cm³/mol. The van der Waals surface area contributed by atoms with Gasteiger partial charge in [0.25, 0.3) is 0 Å². The number of aldehydes is 1. The third-order valence-corrected chi connectivity index (χ3v) is 4.15. The summed E-state index contributed by atoms with van der Waals surface area (Å²) in [7, 11) is 0. The average Bonchev–Trinajstić information content (AvgIpc) is 2.98. The van der Waals surface area contributed by atoms with E-state index >= 15 is 0 Å². The van der Waals surface area contributed by atoms with E-state index < -0.39 is 0 Å². The molecule has 1 fully saturated rings. The maximum atomic E-state index is 13.4. The lowest BCUT2D eigenvalue weighted by Gasteiger charge is -2.16. The number of carbonyl (C=O) groups is 1. The Hall–Kier alpha value is -0.700. The molecule has 0 saturated heterocycles. The summed E-state index contributed by atoms with van der Waals surface area (Å²) in [5.74, 6) is -0.248. The predicted octanol–water partition coefficient (Wildman–Crippen LogP) is 3.24. The molecule has 14 heavy (non-hydrogen) atoms. The highest BCUT2D eigenvalue weighted by molar-refractivity contribution is 9.09. The van der Waals surface area contributed by atoms with E-state index in [1.54, 1.807) is 18.2 Å². The van der Waals surface area contributed by atoms with Gasteiger partial charge in [-0.05, 0) is 18.9 Å². The second kappa shape index (κ2) is 3.46. The van der Waals surface area contributed by atoms with Crippen molar-refractivity contribution < 1.29 is 9.18 Å². The van der Waals surface area contributed by atoms with Crippen LogP contribution in [0.3, 0.4) is 0 Å². The highest BCUT2D eigenvalue weighted by Crippen LogP contribution is 2.57. The third kappa shape index (κ3) is 1.50. The molecule has 0 aliphatic heterocycles. The number of rotatable bonds is 3. The van der Waals surface area contributed by atoms with E-state index in [2.05, 4.69) is 15.9 Å². The minimum Gasteiger partial charge on any atom is -0.303 e. The van der Waals surface area contributed by atoms with Gasteiger partial charge in [-0.3, -0.25) is 0 Å². The van der Waals surface area contributed by atoms with Crippen LogP contribution in [0.1, 0.15) is 23.2 Å². The van der Waals surface area contributed by atoms with Crippen LogP contribution >= 0.6 is 15.9 Å². The SMILES string of the molecule is O=CC1(C(Br)c2ccccc2F)CC1. The summed E-state index contributed by atoms with van der Waals surface area (Å²) in [6, 6.07) is 6.58. The highest BCUT2D eigenvalue weighted by atomic mass is 79.9. The minimum atomic E-state index is -0.359. The Kier molecular flexibility index (Phi) is 2.43. The number of hydrogen-bond acceptors (Lipinski definition) is 1. The monoisotopic (exact) mass is 256 g/mol. The van der Waals surface area contributed by atoms with Gasteiger partial charge < -0.3 is 4.79 Å². The molecule has 1 aromatic carbocycles. The van der Waals surface area contributed by atoms with Gasteiger partial charge >= 0.3 is 0 Å². The molecule has 2 rings (SSSR count). The lowest BCUT2D eigenvalue weighted by atomic mass is 9.97. The van der Waals surface area contributed by atoms with Crippen LogP contribution in [0.25, 0.3) is 0 Å². The normalized spacial score (nSPS) is 20.1. The van der Waals surface area contributed by atoms with Crippen molar-refractivity contribution in [2.24, 2.45) is 5.41 Å². The van der Waals surface area contributed by atoms with Crippen LogP contribution in [0.5, 0.6) is 0 Å². The Bertz CT molecular complexity index is 360. The molecule has 0 aromatic heterocycles. The molecular formula is C11H10BrFO. The van der Waals surface area contributed by atoms with Crippen molar-refractivity contribution in [1.82, 2.24) is 0 Å². The van der Waals surface area contributed by atoms with E-state index in [4.69, 9.17) is 0 Å². The van der Waals surface area contributed by atoms with Gasteiger partial charge in [0, 0.05) is 11.0 Å². The maximum Gasteiger partial charge on any atom is 0.127 e. The molecule has 1 atom stereocenters. The lowest BCUT2D eigenvalue weighted by Crippen LogP contribution is -2.11. The van der Waals surface area contributed by atoms with Gasteiger partial charge in [-0.15, -0.1) is 0 Å². The summed E-state index contributed by atoms with van der Waals surface area (Å²) in [5, 5.41) is 0. The molecule has 74 valence electrons. The van der Waals surface area contributed by atoms with Gasteiger partial charge in [0.2, 0.25) is 0 Å². The van der Waals surface area contributed by atoms with Crippen molar-refractivity contribution in [2.45, 2.75) is 17.7 Å². The van der Waals surface area contributed by atoms with Gasteiger partial charge in [-0.2, -0.15) is 0 Å². The van der Waals surface area contributed by atoms with Crippen molar-refractivity contribution >= 4 is 22.2 Å². The zero-order valence-electron chi connectivity index (χ0n) is 7.54. The van der Waals surface area contributed by atoms with Crippen LogP contribution in [-0.2, 0) is 4.79 Å². The van der Waals surface area contributed by atoms with Crippen molar-refractivity contribution in [3.8, 4) is 0 Å². The maximum absolute atomic E-state index is 13.4. The second-order valence-corrected chi connectivity index (χ2v) is 4.65. The summed E-state index contributed by atoms with van der Waals surface area (Å²) in [6.07, 6.45) is 2.64. The smallest absolute Gasteiger partial charge is 0.127 e. The number of carbonyl (C=O) groups excluding carboxylic acids is 1. The van der Waals surface area contributed by atoms with Crippen LogP contribution in [-0.4, -0.2) is 6.29 Å². The van der Waals surface area contributed by atoms with Crippen molar-refractivity contribution in [3.05, 3.63) is 35.6 Å². The van der Waals surface area contributed by atoms with Gasteiger partial charge in [0.05, 0.1) is 4.83 Å². The van der Waals surface area contributed by atoms with Crippen LogP contribution in [0.4, 0.5) is 4.39 Å². The Morgan fingerprint density at radius 1 is 1.43 bits per heavy atom. The largest absolute Gasteiger partial charge is 0.303 e. The molecule has 1 unspecified atom stereocenters. The number of halogens is 2. The molecule has 0 heterocycles. The van der Waals surface area contributed by atoms with E-state index in [9.17, 15) is 9.18 Å². The first-order valence-electron chi connectivity index (χ1n) is 4.54. The van der Waals surface area contributed by atoms with Gasteiger partial charge in [0.1, 0.15) is 12.1 Å². The summed E-state index contributed by atoms with van der Waals surface area (Å²) in [4.78, 5) is 10.7. The zero-order chi connectivity index (χ0) is 10.2. The third-order valence-electron chi connectivity index (χ3n) is 2.75. The van der Waals surface area contributed by atoms with E-state index in [1.165, 1.54) is 6.07 Å². The molecule has 0 amide bonds. The molecule has 1 aromatic rings. The lowest BCUT2D eigenvalue weighted by molar-refractivity contribution is -0.112. The number of alkyl halides is 1. The number of hydrogen-bond donors (Lipinski definition) is 0. The van der Waals surface area contributed by atoms with E-state index in [0.29, 0.717) is 5.56 Å². The quantitative estimate of drug-likeness (QED) is 0.600. The van der Waals surface area contributed by atoms with Crippen molar-refractivity contribution in [3.63, 3.8) is 0 Å². The highest BCUT2D eigenvalue weighted by Gasteiger charge is 2.49. The molecule has 1 aliphatic carbocycles. The first kappa shape index (κ1) is 9.84. The van der Waals surface area contributed by atoms with Crippen LogP contribution in [0.15, 0.2) is 24.3 Å². The fraction of sp³-hybridized carbons (Fsp3) is 0.364. The summed E-state index contributed by atoms with van der Waals surface area (Å²) < 4.78 is 13.4. The fourth-order valence-electron chi connectivity index (χ4n) is 1.57. The molecular weight excluding hydrogens is 247 g/mol. The first-order valence-corrected chi connectivity index (χ1v) is 5.46. The Morgan fingerprint density at radius 3 is 2.57 bits per heavy atom. The molecule has 0 radical (unpaired) electrons. The topological polar surface area (TPSA) is 17.1 Å². The molecule has 0 N–H and O–H groups in total. The van der Waals surface area contributed by atoms with E-state index in [-0.39, 0.29) is 16.1 Å². The summed E-state index contributed by atoms with van der Waals surface area (Å²) in [6.45, 7) is 0. The molecule has 1 saturated carbocycles. The molecule has 3 heteroatoms. The zero-order valence-corrected chi connectivity index (χ0v) is 9.13. The Morgan fingerprint density at radius 2 is 2.07 bits per heavy atom. The van der Waals surface area contributed by atoms with Crippen LogP contribution in [0.2, 0.25) is 0 Å². The summed E-state index contributed by atoms with van der Waals surface area (Å²) >= 11 is 3.41. The Labute approximate surface area is 90.4 Å². The Balaban J connectivity index is 2.32. The molecule has 1 nitrogen and oxygen atoms in total. The number of benzene rings is 1. The van der Waals surface area contributed by atoms with Crippen molar-refractivity contribution in [1.29, 1.82) is 0 Å². The van der Waals surface area contributed by atoms with Gasteiger partial charge in [-0.25, -0.2) is 4.39 Å². The molecule has 1 aliphatic rings. The van der Waals surface area contributed by atoms with Gasteiger partial charge in [0.15, 0.2) is 0 Å². The van der Waals surface area contributed by atoms with Crippen molar-refractivity contribution in [2.75, 3.05) is 0 Å². The van der Waals surface area contributed by atoms with E-state index in [0.717, 1.165) is 19.1 Å². The van der Waals surface area contributed by atoms with Crippen LogP contribution in [0, 0.1) is 11.2 Å². The van der Waals surface area contributed by atoms with E-state index in [1.807, 2.05) is 0 Å². The second-order valence-electron chi connectivity index (χ2n) is 3.74. The first-order chi connectivity index (χ1) is 6.69. The molecule has 0 spiro atoms. The average molecular weight is 257 g/mol. The standard InChI is InChI=1S/C11H10BrFO/c12-10(11(7-14)5-6-11)8-3-1-2-4-9(8)13/h1-4,7,10H,5-6H2.